The van der Waals surface area contributed by atoms with Crippen molar-refractivity contribution < 1.29 is 22.7 Å². The van der Waals surface area contributed by atoms with Crippen LogP contribution in [-0.4, -0.2) is 32.3 Å². The largest absolute Gasteiger partial charge is 0.490 e. The lowest BCUT2D eigenvalue weighted by atomic mass is 10.1. The van der Waals surface area contributed by atoms with Crippen LogP contribution < -0.4 is 5.32 Å². The van der Waals surface area contributed by atoms with Crippen molar-refractivity contribution in [3.05, 3.63) is 0 Å². The van der Waals surface area contributed by atoms with Crippen LogP contribution in [0, 0.1) is 0 Å². The fourth-order valence-corrected chi connectivity index (χ4v) is 2.42. The second-order valence-electron chi connectivity index (χ2n) is 5.98. The molecule has 0 atom stereocenters. The van der Waals surface area contributed by atoms with Gasteiger partial charge in [-0.15, -0.1) is 0 Å². The molecular formula is C17H32F3NO2. The summed E-state index contributed by atoms with van der Waals surface area (Å²) in [5.74, 6) is -2.08. The fourth-order valence-electron chi connectivity index (χ4n) is 2.42. The molecule has 23 heavy (non-hydrogen) atoms. The Morgan fingerprint density at radius 1 is 0.783 bits per heavy atom. The molecule has 0 aliphatic heterocycles. The lowest BCUT2D eigenvalue weighted by molar-refractivity contribution is -0.199. The average molecular weight is 339 g/mol. The highest BCUT2D eigenvalue weighted by molar-refractivity contribution is 5.75. The van der Waals surface area contributed by atoms with Crippen molar-refractivity contribution in [1.82, 2.24) is 5.32 Å². The molecule has 0 aromatic carbocycles. The van der Waals surface area contributed by atoms with Crippen LogP contribution in [-0.2, 0) is 9.53 Å². The number of unbranched alkanes of at least 4 members (excludes halogenated alkanes) is 11. The van der Waals surface area contributed by atoms with Crippen LogP contribution in [0.15, 0.2) is 0 Å². The first-order valence-corrected chi connectivity index (χ1v) is 8.87. The molecule has 0 aromatic heterocycles. The number of hydrogen-bond acceptors (Lipinski definition) is 3. The van der Waals surface area contributed by atoms with E-state index in [0.717, 1.165) is 25.8 Å². The van der Waals surface area contributed by atoms with E-state index in [0.29, 0.717) is 6.42 Å². The van der Waals surface area contributed by atoms with Crippen LogP contribution >= 0.6 is 0 Å². The number of ether oxygens (including phenoxy) is 1. The maximum Gasteiger partial charge on any atom is 0.490 e. The van der Waals surface area contributed by atoms with E-state index in [-0.39, 0.29) is 6.61 Å². The molecule has 0 aliphatic carbocycles. The molecule has 0 rings (SSSR count). The number of carbonyl (C=O) groups is 1. The van der Waals surface area contributed by atoms with Gasteiger partial charge in [0.25, 0.3) is 0 Å². The highest BCUT2D eigenvalue weighted by Crippen LogP contribution is 2.17. The van der Waals surface area contributed by atoms with Crippen LogP contribution in [0.5, 0.6) is 0 Å². The Kier molecular flexibility index (Phi) is 14.3. The Balaban J connectivity index is 3.12. The van der Waals surface area contributed by atoms with Gasteiger partial charge in [-0.05, 0) is 26.4 Å². The summed E-state index contributed by atoms with van der Waals surface area (Å²) >= 11 is 0. The first-order chi connectivity index (χ1) is 11.0. The lowest BCUT2D eigenvalue weighted by Crippen LogP contribution is -2.25. The molecule has 0 heterocycles. The molecule has 0 fully saturated rings. The summed E-state index contributed by atoms with van der Waals surface area (Å²) in [7, 11) is 1.98. The SMILES string of the molecule is CNCCCCCCCCCCCCCCOC(=O)C(F)(F)F. The number of carbonyl (C=O) groups excluding carboxylic acids is 1. The molecule has 6 heteroatoms. The van der Waals surface area contributed by atoms with Gasteiger partial charge in [0, 0.05) is 0 Å². The highest BCUT2D eigenvalue weighted by Gasteiger charge is 2.40. The molecule has 0 amide bonds. The van der Waals surface area contributed by atoms with E-state index in [1.165, 1.54) is 51.4 Å². The third-order valence-corrected chi connectivity index (χ3v) is 3.79. The molecule has 1 N–H and O–H groups in total. The summed E-state index contributed by atoms with van der Waals surface area (Å²) < 4.78 is 39.7. The van der Waals surface area contributed by atoms with Gasteiger partial charge in [0.05, 0.1) is 6.61 Å². The number of alkyl halides is 3. The van der Waals surface area contributed by atoms with E-state index in [4.69, 9.17) is 0 Å². The van der Waals surface area contributed by atoms with E-state index in [2.05, 4.69) is 10.1 Å². The molecular weight excluding hydrogens is 307 g/mol. The number of hydrogen-bond donors (Lipinski definition) is 1. The molecule has 0 saturated heterocycles. The van der Waals surface area contributed by atoms with Crippen molar-refractivity contribution in [3.8, 4) is 0 Å². The summed E-state index contributed by atoms with van der Waals surface area (Å²) in [5.41, 5.74) is 0. The predicted octanol–water partition coefficient (Wildman–Crippen LogP) is 4.99. The monoisotopic (exact) mass is 339 g/mol. The van der Waals surface area contributed by atoms with Gasteiger partial charge >= 0.3 is 12.1 Å². The van der Waals surface area contributed by atoms with Gasteiger partial charge in [0.15, 0.2) is 0 Å². The maximum absolute atomic E-state index is 11.9. The number of rotatable bonds is 15. The van der Waals surface area contributed by atoms with Crippen LogP contribution in [0.2, 0.25) is 0 Å². The first kappa shape index (κ1) is 22.2. The van der Waals surface area contributed by atoms with Crippen molar-refractivity contribution in [2.45, 2.75) is 83.2 Å². The van der Waals surface area contributed by atoms with E-state index in [1.54, 1.807) is 0 Å². The predicted molar refractivity (Wildman–Crippen MR) is 86.3 cm³/mol. The summed E-state index contributed by atoms with van der Waals surface area (Å²) in [5, 5.41) is 3.15. The molecule has 138 valence electrons. The lowest BCUT2D eigenvalue weighted by Gasteiger charge is -2.07. The number of esters is 1. The zero-order valence-electron chi connectivity index (χ0n) is 14.3. The molecule has 0 radical (unpaired) electrons. The van der Waals surface area contributed by atoms with Crippen molar-refractivity contribution in [2.75, 3.05) is 20.2 Å². The van der Waals surface area contributed by atoms with E-state index >= 15 is 0 Å². The second kappa shape index (κ2) is 14.8. The van der Waals surface area contributed by atoms with E-state index < -0.39 is 12.1 Å². The topological polar surface area (TPSA) is 38.3 Å². The summed E-state index contributed by atoms with van der Waals surface area (Å²) in [6.07, 6.45) is 8.74. The first-order valence-electron chi connectivity index (χ1n) is 8.87. The zero-order chi connectivity index (χ0) is 17.4. The van der Waals surface area contributed by atoms with E-state index in [1.807, 2.05) is 7.05 Å². The minimum absolute atomic E-state index is 0.133. The van der Waals surface area contributed by atoms with Gasteiger partial charge in [-0.2, -0.15) is 13.2 Å². The smallest absolute Gasteiger partial charge is 0.459 e. The van der Waals surface area contributed by atoms with Crippen LogP contribution in [0.4, 0.5) is 13.2 Å². The van der Waals surface area contributed by atoms with E-state index in [9.17, 15) is 18.0 Å². The maximum atomic E-state index is 11.9. The quantitative estimate of drug-likeness (QED) is 0.337. The average Bonchev–Trinajstić information content (AvgIpc) is 2.50. The van der Waals surface area contributed by atoms with Gasteiger partial charge in [-0.3, -0.25) is 0 Å². The Morgan fingerprint density at radius 2 is 1.17 bits per heavy atom. The summed E-state index contributed by atoms with van der Waals surface area (Å²) in [4.78, 5) is 10.4. The highest BCUT2D eigenvalue weighted by atomic mass is 19.4. The molecule has 0 unspecified atom stereocenters. The van der Waals surface area contributed by atoms with Crippen molar-refractivity contribution in [2.24, 2.45) is 0 Å². The molecule has 0 aliphatic rings. The van der Waals surface area contributed by atoms with Crippen LogP contribution in [0.25, 0.3) is 0 Å². The minimum Gasteiger partial charge on any atom is -0.459 e. The molecule has 0 aromatic rings. The van der Waals surface area contributed by atoms with Gasteiger partial charge in [0.2, 0.25) is 0 Å². The van der Waals surface area contributed by atoms with Gasteiger partial charge in [-0.25, -0.2) is 4.79 Å². The molecule has 0 spiro atoms. The normalized spacial score (nSPS) is 11.7. The minimum atomic E-state index is -4.87. The second-order valence-corrected chi connectivity index (χ2v) is 5.98. The Morgan fingerprint density at radius 3 is 1.57 bits per heavy atom. The fraction of sp³-hybridized carbons (Fsp3) is 0.941. The van der Waals surface area contributed by atoms with Gasteiger partial charge in [-0.1, -0.05) is 64.2 Å². The van der Waals surface area contributed by atoms with Gasteiger partial charge < -0.3 is 10.1 Å². The standard InChI is InChI=1S/C17H32F3NO2/c1-21-14-12-10-8-6-4-2-3-5-7-9-11-13-15-23-16(22)17(18,19)20/h21H,2-15H2,1H3. The third kappa shape index (κ3) is 15.9. The van der Waals surface area contributed by atoms with Gasteiger partial charge in [0.1, 0.15) is 0 Å². The molecule has 3 nitrogen and oxygen atoms in total. The number of nitrogens with one attached hydrogen (secondary N) is 1. The summed E-state index contributed by atoms with van der Waals surface area (Å²) in [6.45, 7) is 0.974. The molecule has 0 saturated carbocycles. The Hall–Kier alpha value is -0.780. The Labute approximate surface area is 138 Å². The number of halogens is 3. The summed E-state index contributed by atoms with van der Waals surface area (Å²) in [6, 6.07) is 0. The molecule has 0 bridgehead atoms. The van der Waals surface area contributed by atoms with Crippen molar-refractivity contribution in [1.29, 1.82) is 0 Å². The van der Waals surface area contributed by atoms with Crippen LogP contribution in [0.1, 0.15) is 77.0 Å². The van der Waals surface area contributed by atoms with Crippen molar-refractivity contribution >= 4 is 5.97 Å². The van der Waals surface area contributed by atoms with Crippen molar-refractivity contribution in [3.63, 3.8) is 0 Å². The third-order valence-electron chi connectivity index (χ3n) is 3.79. The zero-order valence-corrected chi connectivity index (χ0v) is 14.3. The Bertz CT molecular complexity index is 284. The van der Waals surface area contributed by atoms with Crippen LogP contribution in [0.3, 0.4) is 0 Å².